The molecule has 1 aliphatic rings. The first-order valence-corrected chi connectivity index (χ1v) is 34.6. The predicted molar refractivity (Wildman–Crippen MR) is 417 cm³/mol. The number of benzene rings is 9. The molecular formula is C93H64N10. The van der Waals surface area contributed by atoms with Crippen LogP contribution in [0, 0.1) is 5.92 Å². The van der Waals surface area contributed by atoms with E-state index in [4.69, 9.17) is 39.9 Å². The van der Waals surface area contributed by atoms with E-state index in [9.17, 15) is 0 Å². The van der Waals surface area contributed by atoms with Gasteiger partial charge in [0.25, 0.3) is 0 Å². The maximum absolute atomic E-state index is 5.81. The van der Waals surface area contributed by atoms with Crippen molar-refractivity contribution in [2.75, 3.05) is 0 Å². The monoisotopic (exact) mass is 1320 g/mol. The van der Waals surface area contributed by atoms with Gasteiger partial charge in [0.2, 0.25) is 0 Å². The Kier molecular flexibility index (Phi) is 17.2. The lowest BCUT2D eigenvalue weighted by molar-refractivity contribution is 0.780. The second-order valence-electron chi connectivity index (χ2n) is 25.5. The third-order valence-electron chi connectivity index (χ3n) is 18.7. The molecule has 0 amide bonds. The average Bonchev–Trinajstić information content (AvgIpc) is 0.761. The molecule has 16 aromatic rings. The Balaban J connectivity index is 0.758. The second kappa shape index (κ2) is 28.3. The molecule has 0 saturated heterocycles. The number of pyridine rings is 5. The van der Waals surface area contributed by atoms with E-state index in [1.54, 1.807) is 12.4 Å². The lowest BCUT2D eigenvalue weighted by Gasteiger charge is -2.21. The molecule has 0 bridgehead atoms. The summed E-state index contributed by atoms with van der Waals surface area (Å²) in [4.78, 5) is 52.8. The third kappa shape index (κ3) is 13.2. The zero-order chi connectivity index (χ0) is 68.8. The van der Waals surface area contributed by atoms with Crippen molar-refractivity contribution in [1.29, 1.82) is 0 Å². The van der Waals surface area contributed by atoms with Crippen LogP contribution in [-0.4, -0.2) is 50.6 Å². The van der Waals surface area contributed by atoms with Crippen LogP contribution in [0.25, 0.3) is 163 Å². The lowest BCUT2D eigenvalue weighted by Crippen LogP contribution is -2.16. The molecule has 9 aromatic carbocycles. The van der Waals surface area contributed by atoms with Gasteiger partial charge in [-0.2, -0.15) is 0 Å². The van der Waals surface area contributed by atoms with Gasteiger partial charge >= 0.3 is 0 Å². The van der Waals surface area contributed by atoms with Crippen molar-refractivity contribution >= 4 is 11.4 Å². The number of aromatic nitrogens is 9. The minimum absolute atomic E-state index is 0.0773. The Labute approximate surface area is 598 Å². The highest BCUT2D eigenvalue weighted by Gasteiger charge is 2.26. The molecule has 7 aromatic heterocycles. The molecule has 10 nitrogen and oxygen atoms in total. The van der Waals surface area contributed by atoms with Gasteiger partial charge in [0.05, 0.1) is 96.8 Å². The molecule has 17 rings (SSSR count). The average molecular weight is 1320 g/mol. The fourth-order valence-corrected chi connectivity index (χ4v) is 13.4. The molecule has 1 unspecified atom stereocenters. The fraction of sp³-hybridized carbons (Fsp3) is 0.0323. The van der Waals surface area contributed by atoms with Gasteiger partial charge in [-0.25, -0.2) is 29.9 Å². The summed E-state index contributed by atoms with van der Waals surface area (Å²) in [5.74, 6) is 0.0773. The molecule has 486 valence electrons. The van der Waals surface area contributed by atoms with Crippen molar-refractivity contribution in [3.05, 3.63) is 364 Å². The molecule has 103 heavy (non-hydrogen) atoms. The lowest BCUT2D eigenvalue weighted by atomic mass is 9.90. The summed E-state index contributed by atoms with van der Waals surface area (Å²) < 4.78 is 0. The van der Waals surface area contributed by atoms with Gasteiger partial charge in [0.15, 0.2) is 0 Å². The van der Waals surface area contributed by atoms with Crippen molar-refractivity contribution in [3.8, 4) is 158 Å². The van der Waals surface area contributed by atoms with Gasteiger partial charge in [-0.15, -0.1) is 0 Å². The molecular weight excluding hydrogens is 1260 g/mol. The van der Waals surface area contributed by atoms with Gasteiger partial charge in [0.1, 0.15) is 0 Å². The third-order valence-corrected chi connectivity index (χ3v) is 18.7. The van der Waals surface area contributed by atoms with E-state index >= 15 is 0 Å². The van der Waals surface area contributed by atoms with E-state index < -0.39 is 0 Å². The minimum Gasteiger partial charge on any atom is -0.255 e. The summed E-state index contributed by atoms with van der Waals surface area (Å²) >= 11 is 0. The predicted octanol–water partition coefficient (Wildman–Crippen LogP) is 22.4. The maximum atomic E-state index is 5.81. The van der Waals surface area contributed by atoms with Gasteiger partial charge in [-0.1, -0.05) is 274 Å². The molecule has 8 heterocycles. The number of nitrogens with zero attached hydrogens (tertiary/aromatic N) is 10. The number of hydrogen-bond donors (Lipinski definition) is 0. The SMILES string of the molecule is CC1CC=C(c2cc(-c3ccc(-c4nc(-c5ccccc5)c(-c5ccccc5)nc4-c4ccccc4)cc3)cc(-c3ccccn3)n2)N=C1c1cccc(-c2nc(-c3ccc(-c4cc(-c5ccccn5)nc(-c5ccccn5)c4)cc3)c(-c3ccc(-c4ccccc4)cc3)nc2-c2ccccc2)c1. The van der Waals surface area contributed by atoms with Gasteiger partial charge in [-0.3, -0.25) is 19.9 Å². The molecule has 0 saturated carbocycles. The molecule has 10 heteroatoms. The molecule has 0 fully saturated rings. The van der Waals surface area contributed by atoms with Crippen LogP contribution in [0.5, 0.6) is 0 Å². The molecule has 1 aliphatic heterocycles. The Hall–Kier alpha value is -13.7. The minimum atomic E-state index is 0.0773. The number of aliphatic imine (C=N–C) groups is 1. The highest BCUT2D eigenvalue weighted by Crippen LogP contribution is 2.43. The van der Waals surface area contributed by atoms with Crippen LogP contribution < -0.4 is 0 Å². The van der Waals surface area contributed by atoms with Crippen LogP contribution in [0.15, 0.2) is 357 Å². The van der Waals surface area contributed by atoms with Crippen molar-refractivity contribution in [2.24, 2.45) is 10.9 Å². The van der Waals surface area contributed by atoms with Gasteiger partial charge < -0.3 is 0 Å². The summed E-state index contributed by atoms with van der Waals surface area (Å²) in [6.45, 7) is 2.24. The topological polar surface area (TPSA) is 128 Å². The van der Waals surface area contributed by atoms with Crippen LogP contribution in [-0.2, 0) is 0 Å². The van der Waals surface area contributed by atoms with Crippen molar-refractivity contribution in [3.63, 3.8) is 0 Å². The first-order valence-electron chi connectivity index (χ1n) is 34.6. The Morgan fingerprint density at radius 2 is 0.485 bits per heavy atom. The van der Waals surface area contributed by atoms with Crippen LogP contribution in [0.1, 0.15) is 24.6 Å². The van der Waals surface area contributed by atoms with E-state index in [0.717, 1.165) is 187 Å². The molecule has 0 radical (unpaired) electrons. The van der Waals surface area contributed by atoms with Crippen LogP contribution in [0.4, 0.5) is 0 Å². The van der Waals surface area contributed by atoms with Crippen LogP contribution >= 0.6 is 0 Å². The Morgan fingerprint density at radius 1 is 0.214 bits per heavy atom. The molecule has 0 spiro atoms. The summed E-state index contributed by atoms with van der Waals surface area (Å²) in [5, 5.41) is 0. The molecule has 0 aliphatic carbocycles. The van der Waals surface area contributed by atoms with Crippen molar-refractivity contribution in [2.45, 2.75) is 13.3 Å². The first-order chi connectivity index (χ1) is 50.9. The smallest absolute Gasteiger partial charge is 0.0973 e. The summed E-state index contributed by atoms with van der Waals surface area (Å²) in [6.07, 6.45) is 8.37. The Morgan fingerprint density at radius 3 is 0.845 bits per heavy atom. The van der Waals surface area contributed by atoms with Crippen molar-refractivity contribution in [1.82, 2.24) is 44.9 Å². The normalized spacial score (nSPS) is 12.7. The summed E-state index contributed by atoms with van der Waals surface area (Å²) in [5.41, 5.74) is 28.1. The zero-order valence-electron chi connectivity index (χ0n) is 56.2. The maximum Gasteiger partial charge on any atom is 0.0973 e. The summed E-state index contributed by atoms with van der Waals surface area (Å²) in [7, 11) is 0. The van der Waals surface area contributed by atoms with Crippen molar-refractivity contribution < 1.29 is 0 Å². The van der Waals surface area contributed by atoms with Crippen LogP contribution in [0.3, 0.4) is 0 Å². The fourth-order valence-electron chi connectivity index (χ4n) is 13.4. The number of allylic oxidation sites excluding steroid dienone is 1. The van der Waals surface area contributed by atoms with Crippen LogP contribution in [0.2, 0.25) is 0 Å². The van der Waals surface area contributed by atoms with E-state index in [0.29, 0.717) is 0 Å². The van der Waals surface area contributed by atoms with Gasteiger partial charge in [0, 0.05) is 69.0 Å². The number of rotatable bonds is 16. The standard InChI is InChI=1S/C93H64N10/c1-61-39-52-80(84-60-76(59-83(98-84)79-38-19-22-55-96-79)65-44-48-71(49-45-65)90-88(68-30-13-5-14-31-68)100-86(66-26-9-3-10-27-66)87(101-90)67-28-11-4-12-29-67)99-85(61)73-34-23-35-74(56-73)93-89(69-32-15-6-16-33-69)102-91(70-46-40-63(41-47-70)62-24-7-2-8-25-62)92(103-93)72-50-42-64(43-51-72)75-57-81(77-36-17-20-53-94-77)97-82(58-75)78-37-18-21-54-95-78/h2-38,40-61H,39H2,1H3. The van der Waals surface area contributed by atoms with E-state index in [1.807, 2.05) is 115 Å². The Bertz CT molecular complexity index is 5710. The largest absolute Gasteiger partial charge is 0.255 e. The number of hydrogen-bond acceptors (Lipinski definition) is 10. The highest BCUT2D eigenvalue weighted by molar-refractivity contribution is 6.07. The van der Waals surface area contributed by atoms with E-state index in [-0.39, 0.29) is 5.92 Å². The molecule has 1 atom stereocenters. The highest BCUT2D eigenvalue weighted by atomic mass is 14.9. The quantitative estimate of drug-likeness (QED) is 0.0929. The first kappa shape index (κ1) is 62.8. The van der Waals surface area contributed by atoms with E-state index in [1.165, 1.54) is 0 Å². The zero-order valence-corrected chi connectivity index (χ0v) is 56.2. The van der Waals surface area contributed by atoms with E-state index in [2.05, 4.69) is 241 Å². The second-order valence-corrected chi connectivity index (χ2v) is 25.5. The summed E-state index contributed by atoms with van der Waals surface area (Å²) in [6, 6.07) is 113. The molecule has 0 N–H and O–H groups in total. The van der Waals surface area contributed by atoms with Gasteiger partial charge in [-0.05, 0) is 112 Å².